The minimum atomic E-state index is -0.497. The summed E-state index contributed by atoms with van der Waals surface area (Å²) < 4.78 is 10.6. The van der Waals surface area contributed by atoms with Gasteiger partial charge in [0.15, 0.2) is 6.10 Å². The second kappa shape index (κ2) is 8.25. The summed E-state index contributed by atoms with van der Waals surface area (Å²) in [5.41, 5.74) is -0.497. The fourth-order valence-corrected chi connectivity index (χ4v) is 4.21. The number of hydrogen-bond donors (Lipinski definition) is 1. The number of carbonyl (C=O) groups is 1. The Morgan fingerprint density at radius 1 is 1.28 bits per heavy atom. The van der Waals surface area contributed by atoms with Gasteiger partial charge in [0.05, 0.1) is 13.1 Å². The molecule has 2 aliphatic rings. The van der Waals surface area contributed by atoms with Crippen molar-refractivity contribution >= 4 is 5.91 Å². The molecule has 0 unspecified atom stereocenters. The summed E-state index contributed by atoms with van der Waals surface area (Å²) in [6, 6.07) is 0. The number of likely N-dealkylation sites (tertiary alicyclic amines) is 1. The fraction of sp³-hybridized carbons (Fsp3) is 0.650. The van der Waals surface area contributed by atoms with Gasteiger partial charge in [0, 0.05) is 58.0 Å². The van der Waals surface area contributed by atoms with Crippen LogP contribution in [0.1, 0.15) is 24.5 Å². The lowest BCUT2D eigenvalue weighted by Crippen LogP contribution is -2.54. The molecule has 2 aliphatic heterocycles. The first-order valence-electron chi connectivity index (χ1n) is 10.3. The molecule has 0 aromatic carbocycles. The zero-order valence-corrected chi connectivity index (χ0v) is 17.5. The lowest BCUT2D eigenvalue weighted by molar-refractivity contribution is -0.173. The molecule has 9 heteroatoms. The van der Waals surface area contributed by atoms with Gasteiger partial charge in [-0.3, -0.25) is 9.69 Å². The third-order valence-electron chi connectivity index (χ3n) is 5.95. The van der Waals surface area contributed by atoms with Gasteiger partial charge in [-0.05, 0) is 26.9 Å². The molecule has 1 amide bonds. The maximum absolute atomic E-state index is 12.7. The number of nitrogens with zero attached hydrogens (tertiary/aromatic N) is 6. The molecule has 4 heterocycles. The van der Waals surface area contributed by atoms with E-state index in [0.29, 0.717) is 13.1 Å². The maximum Gasteiger partial charge on any atom is 0.251 e. The minimum Gasteiger partial charge on any atom is -0.352 e. The second-order valence-electron chi connectivity index (χ2n) is 8.33. The van der Waals surface area contributed by atoms with Crippen LogP contribution >= 0.6 is 0 Å². The Morgan fingerprint density at radius 3 is 2.72 bits per heavy atom. The predicted molar refractivity (Wildman–Crippen MR) is 108 cm³/mol. The van der Waals surface area contributed by atoms with Crippen LogP contribution in [-0.2, 0) is 35.3 Å². The van der Waals surface area contributed by atoms with E-state index in [2.05, 4.69) is 34.2 Å². The zero-order chi connectivity index (χ0) is 20.4. The van der Waals surface area contributed by atoms with Crippen LogP contribution in [0.15, 0.2) is 24.8 Å². The Balaban J connectivity index is 1.43. The first-order valence-corrected chi connectivity index (χ1v) is 10.3. The Bertz CT molecular complexity index is 836. The van der Waals surface area contributed by atoms with E-state index >= 15 is 0 Å². The maximum atomic E-state index is 12.7. The molecule has 1 atom stereocenters. The van der Waals surface area contributed by atoms with Crippen molar-refractivity contribution in [2.24, 2.45) is 7.05 Å². The Hall–Kier alpha value is -2.23. The summed E-state index contributed by atoms with van der Waals surface area (Å²) in [5, 5.41) is 3.01. The molecule has 0 bridgehead atoms. The number of carbonyl (C=O) groups excluding carboxylic acids is 1. The number of imidazole rings is 2. The van der Waals surface area contributed by atoms with Gasteiger partial charge < -0.3 is 24.1 Å². The number of amides is 1. The first-order chi connectivity index (χ1) is 14.0. The largest absolute Gasteiger partial charge is 0.352 e. The lowest BCUT2D eigenvalue weighted by atomic mass is 9.88. The smallest absolute Gasteiger partial charge is 0.251 e. The van der Waals surface area contributed by atoms with Crippen LogP contribution < -0.4 is 5.32 Å². The molecule has 1 fully saturated rings. The molecule has 0 radical (unpaired) electrons. The van der Waals surface area contributed by atoms with Crippen molar-refractivity contribution in [3.05, 3.63) is 36.4 Å². The highest BCUT2D eigenvalue weighted by molar-refractivity contribution is 5.80. The van der Waals surface area contributed by atoms with E-state index in [9.17, 15) is 4.79 Å². The average molecular weight is 402 g/mol. The van der Waals surface area contributed by atoms with Crippen LogP contribution in [0.3, 0.4) is 0 Å². The molecule has 158 valence electrons. The summed E-state index contributed by atoms with van der Waals surface area (Å²) >= 11 is 0. The predicted octanol–water partition coefficient (Wildman–Crippen LogP) is 0.185. The highest BCUT2D eigenvalue weighted by atomic mass is 16.5. The number of fused-ring (bicyclic) bond motifs is 2. The van der Waals surface area contributed by atoms with Crippen molar-refractivity contribution in [2.45, 2.75) is 37.6 Å². The van der Waals surface area contributed by atoms with Gasteiger partial charge in [-0.2, -0.15) is 0 Å². The number of hydrogen-bond acceptors (Lipinski definition) is 6. The molecule has 1 spiro atoms. The standard InChI is InChI=1S/C20H31N7O2/c1-24(2)11-6-22-18(28)16-14-27-13-8-23-19(27)20(29-16)4-9-26(10-5-20)15-17-21-7-12-25(17)3/h7-8,12-13,16H,4-6,9-11,14-15H2,1-3H3,(H,22,28)/t16-/m0/s1. The van der Waals surface area contributed by atoms with E-state index in [1.165, 1.54) is 0 Å². The van der Waals surface area contributed by atoms with Crippen LogP contribution in [0.2, 0.25) is 0 Å². The molecule has 1 N–H and O–H groups in total. The van der Waals surface area contributed by atoms with Gasteiger partial charge in [-0.15, -0.1) is 0 Å². The monoisotopic (exact) mass is 401 g/mol. The molecule has 0 aliphatic carbocycles. The van der Waals surface area contributed by atoms with E-state index in [4.69, 9.17) is 4.74 Å². The fourth-order valence-electron chi connectivity index (χ4n) is 4.21. The average Bonchev–Trinajstić information content (AvgIpc) is 3.33. The van der Waals surface area contributed by atoms with Crippen molar-refractivity contribution < 1.29 is 9.53 Å². The van der Waals surface area contributed by atoms with E-state index in [1.807, 2.05) is 45.9 Å². The van der Waals surface area contributed by atoms with Crippen molar-refractivity contribution in [1.29, 1.82) is 0 Å². The summed E-state index contributed by atoms with van der Waals surface area (Å²) in [4.78, 5) is 26.2. The first kappa shape index (κ1) is 20.1. The third kappa shape index (κ3) is 4.22. The number of rotatable bonds is 6. The van der Waals surface area contributed by atoms with Crippen molar-refractivity contribution in [1.82, 2.24) is 34.2 Å². The van der Waals surface area contributed by atoms with Crippen molar-refractivity contribution in [3.8, 4) is 0 Å². The van der Waals surface area contributed by atoms with Gasteiger partial charge in [0.25, 0.3) is 5.91 Å². The number of ether oxygens (including phenoxy) is 1. The molecule has 2 aromatic rings. The van der Waals surface area contributed by atoms with Crippen LogP contribution in [0.5, 0.6) is 0 Å². The molecule has 1 saturated heterocycles. The second-order valence-corrected chi connectivity index (χ2v) is 8.33. The van der Waals surface area contributed by atoms with Crippen LogP contribution in [0, 0.1) is 0 Å². The van der Waals surface area contributed by atoms with E-state index in [-0.39, 0.29) is 5.91 Å². The van der Waals surface area contributed by atoms with Gasteiger partial charge in [0.1, 0.15) is 17.2 Å². The summed E-state index contributed by atoms with van der Waals surface area (Å²) in [6.45, 7) is 4.53. The third-order valence-corrected chi connectivity index (χ3v) is 5.95. The van der Waals surface area contributed by atoms with E-state index < -0.39 is 11.7 Å². The number of likely N-dealkylation sites (N-methyl/N-ethyl adjacent to an activating group) is 1. The topological polar surface area (TPSA) is 80.5 Å². The van der Waals surface area contributed by atoms with Crippen LogP contribution in [-0.4, -0.2) is 81.2 Å². The van der Waals surface area contributed by atoms with Gasteiger partial charge >= 0.3 is 0 Å². The number of aryl methyl sites for hydroxylation is 1. The highest BCUT2D eigenvalue weighted by Gasteiger charge is 2.47. The zero-order valence-electron chi connectivity index (χ0n) is 17.5. The number of piperidine rings is 1. The van der Waals surface area contributed by atoms with Crippen LogP contribution in [0.25, 0.3) is 0 Å². The SMILES string of the molecule is CN(C)CCNC(=O)[C@@H]1Cn2ccnc2C2(CCN(Cc3nccn3C)CC2)O1. The van der Waals surface area contributed by atoms with Gasteiger partial charge in [-0.25, -0.2) is 9.97 Å². The summed E-state index contributed by atoms with van der Waals surface area (Å²) in [6.07, 6.45) is 8.72. The van der Waals surface area contributed by atoms with Crippen LogP contribution in [0.4, 0.5) is 0 Å². The summed E-state index contributed by atoms with van der Waals surface area (Å²) in [5.74, 6) is 1.97. The molecule has 29 heavy (non-hydrogen) atoms. The van der Waals surface area contributed by atoms with E-state index in [1.54, 1.807) is 0 Å². The van der Waals surface area contributed by atoms with E-state index in [0.717, 1.165) is 50.7 Å². The highest BCUT2D eigenvalue weighted by Crippen LogP contribution is 2.40. The minimum absolute atomic E-state index is 0.0407. The number of nitrogens with one attached hydrogen (secondary N) is 1. The lowest BCUT2D eigenvalue weighted by Gasteiger charge is -2.45. The van der Waals surface area contributed by atoms with Gasteiger partial charge in [0.2, 0.25) is 0 Å². The Labute approximate surface area is 171 Å². The molecular formula is C20H31N7O2. The van der Waals surface area contributed by atoms with Crippen molar-refractivity contribution in [3.63, 3.8) is 0 Å². The molecule has 9 nitrogen and oxygen atoms in total. The summed E-state index contributed by atoms with van der Waals surface area (Å²) in [7, 11) is 6.01. The molecule has 4 rings (SSSR count). The normalized spacial score (nSPS) is 21.4. The number of aromatic nitrogens is 4. The molecular weight excluding hydrogens is 370 g/mol. The quantitative estimate of drug-likeness (QED) is 0.744. The molecule has 2 aromatic heterocycles. The van der Waals surface area contributed by atoms with Crippen molar-refractivity contribution in [2.75, 3.05) is 40.3 Å². The molecule has 0 saturated carbocycles. The Kier molecular flexibility index (Phi) is 5.71. The Morgan fingerprint density at radius 2 is 2.03 bits per heavy atom. The van der Waals surface area contributed by atoms with Gasteiger partial charge in [-0.1, -0.05) is 0 Å².